The Labute approximate surface area is 103 Å². The molecule has 1 aliphatic carbocycles. The van der Waals surface area contributed by atoms with E-state index < -0.39 is 11.5 Å². The molecule has 0 spiro atoms. The first-order valence-electron chi connectivity index (χ1n) is 6.49. The van der Waals surface area contributed by atoms with Crippen molar-refractivity contribution in [2.75, 3.05) is 13.7 Å². The summed E-state index contributed by atoms with van der Waals surface area (Å²) in [5.41, 5.74) is -0.915. The molecule has 1 aliphatic rings. The maximum atomic E-state index is 11.7. The van der Waals surface area contributed by atoms with Crippen molar-refractivity contribution in [3.63, 3.8) is 0 Å². The Hall–Kier alpha value is -0.610. The van der Waals surface area contributed by atoms with Gasteiger partial charge in [0.25, 0.3) is 0 Å². The number of carbonyl (C=O) groups is 1. The summed E-state index contributed by atoms with van der Waals surface area (Å²) in [6, 6.07) is 0. The van der Waals surface area contributed by atoms with Crippen molar-refractivity contribution in [2.45, 2.75) is 57.7 Å². The number of aliphatic hydroxyl groups is 1. The predicted octanol–water partition coefficient (Wildman–Crippen LogP) is 1.90. The number of ether oxygens (including phenoxy) is 2. The number of esters is 1. The van der Waals surface area contributed by atoms with E-state index in [1.807, 2.05) is 6.92 Å². The molecule has 1 atom stereocenters. The molecule has 0 saturated heterocycles. The maximum Gasteiger partial charge on any atom is 0.311 e. The van der Waals surface area contributed by atoms with Crippen LogP contribution in [0.15, 0.2) is 0 Å². The fourth-order valence-corrected chi connectivity index (χ4v) is 2.52. The molecule has 0 bridgehead atoms. The molecule has 0 radical (unpaired) electrons. The van der Waals surface area contributed by atoms with Crippen molar-refractivity contribution in [2.24, 2.45) is 5.92 Å². The molecule has 0 amide bonds. The van der Waals surface area contributed by atoms with Crippen molar-refractivity contribution >= 4 is 5.97 Å². The lowest BCUT2D eigenvalue weighted by Gasteiger charge is -2.47. The molecular weight excluding hydrogens is 220 g/mol. The Morgan fingerprint density at radius 1 is 1.47 bits per heavy atom. The Kier molecular flexibility index (Phi) is 5.40. The summed E-state index contributed by atoms with van der Waals surface area (Å²) in [4.78, 5) is 11.7. The first-order valence-corrected chi connectivity index (χ1v) is 6.49. The lowest BCUT2D eigenvalue weighted by atomic mass is 9.67. The van der Waals surface area contributed by atoms with Crippen LogP contribution in [0, 0.1) is 5.92 Å². The molecular formula is C13H24O4. The Morgan fingerprint density at radius 3 is 2.59 bits per heavy atom. The number of hydrogen-bond donors (Lipinski definition) is 1. The van der Waals surface area contributed by atoms with E-state index in [4.69, 9.17) is 9.47 Å². The summed E-state index contributed by atoms with van der Waals surface area (Å²) >= 11 is 0. The normalized spacial score (nSPS) is 29.5. The number of hydrogen-bond acceptors (Lipinski definition) is 4. The minimum absolute atomic E-state index is 0.0961. The molecule has 4 heteroatoms. The topological polar surface area (TPSA) is 55.8 Å². The third-order valence-electron chi connectivity index (χ3n) is 3.55. The molecule has 0 aromatic rings. The van der Waals surface area contributed by atoms with Gasteiger partial charge in [-0.05, 0) is 13.3 Å². The first kappa shape index (κ1) is 14.5. The van der Waals surface area contributed by atoms with Crippen LogP contribution in [0.25, 0.3) is 0 Å². The Morgan fingerprint density at radius 2 is 2.12 bits per heavy atom. The summed E-state index contributed by atoms with van der Waals surface area (Å²) in [5.74, 6) is -0.694. The largest absolute Gasteiger partial charge is 0.469 e. The van der Waals surface area contributed by atoms with Crippen LogP contribution >= 0.6 is 0 Å². The molecule has 0 aromatic carbocycles. The highest BCUT2D eigenvalue weighted by molar-refractivity contribution is 5.74. The second-order valence-corrected chi connectivity index (χ2v) is 4.81. The van der Waals surface area contributed by atoms with Gasteiger partial charge in [0, 0.05) is 19.4 Å². The SMILES string of the molecule is CCCCC(C(=O)OC)C1(O)CC(OCC)C1. The van der Waals surface area contributed by atoms with Crippen LogP contribution in [0.1, 0.15) is 46.0 Å². The highest BCUT2D eigenvalue weighted by atomic mass is 16.5. The smallest absolute Gasteiger partial charge is 0.311 e. The van der Waals surface area contributed by atoms with Crippen molar-refractivity contribution in [1.29, 1.82) is 0 Å². The van der Waals surface area contributed by atoms with Gasteiger partial charge in [-0.3, -0.25) is 4.79 Å². The zero-order valence-electron chi connectivity index (χ0n) is 11.1. The van der Waals surface area contributed by atoms with Crippen LogP contribution in [0.4, 0.5) is 0 Å². The maximum absolute atomic E-state index is 11.7. The first-order chi connectivity index (χ1) is 8.07. The van der Waals surface area contributed by atoms with E-state index in [1.54, 1.807) is 0 Å². The molecule has 1 fully saturated rings. The Balaban J connectivity index is 2.55. The number of methoxy groups -OCH3 is 1. The van der Waals surface area contributed by atoms with Crippen LogP contribution < -0.4 is 0 Å². The van der Waals surface area contributed by atoms with Gasteiger partial charge in [0.2, 0.25) is 0 Å². The highest BCUT2D eigenvalue weighted by Crippen LogP contribution is 2.42. The van der Waals surface area contributed by atoms with Crippen LogP contribution in [0.5, 0.6) is 0 Å². The zero-order chi connectivity index (χ0) is 12.9. The number of carbonyl (C=O) groups excluding carboxylic acids is 1. The monoisotopic (exact) mass is 244 g/mol. The van der Waals surface area contributed by atoms with Crippen molar-refractivity contribution in [3.05, 3.63) is 0 Å². The summed E-state index contributed by atoms with van der Waals surface area (Å²) in [5, 5.41) is 10.4. The molecule has 1 N–H and O–H groups in total. The highest BCUT2D eigenvalue weighted by Gasteiger charge is 2.51. The van der Waals surface area contributed by atoms with Gasteiger partial charge in [-0.1, -0.05) is 19.8 Å². The van der Waals surface area contributed by atoms with Gasteiger partial charge in [0.05, 0.1) is 24.7 Å². The standard InChI is InChI=1S/C13H24O4/c1-4-6-7-11(12(14)16-3)13(15)8-10(9-13)17-5-2/h10-11,15H,4-9H2,1-3H3. The van der Waals surface area contributed by atoms with Gasteiger partial charge in [0.1, 0.15) is 0 Å². The van der Waals surface area contributed by atoms with Gasteiger partial charge in [-0.25, -0.2) is 0 Å². The fraction of sp³-hybridized carbons (Fsp3) is 0.923. The minimum Gasteiger partial charge on any atom is -0.469 e. The summed E-state index contributed by atoms with van der Waals surface area (Å²) in [6.45, 7) is 4.66. The average Bonchev–Trinajstić information content (AvgIpc) is 2.27. The second kappa shape index (κ2) is 6.36. The van der Waals surface area contributed by atoms with Crippen LogP contribution in [-0.2, 0) is 14.3 Å². The quantitative estimate of drug-likeness (QED) is 0.695. The summed E-state index contributed by atoms with van der Waals surface area (Å²) in [6.07, 6.45) is 3.83. The van der Waals surface area contributed by atoms with Gasteiger partial charge in [-0.2, -0.15) is 0 Å². The van der Waals surface area contributed by atoms with Crippen LogP contribution in [0.2, 0.25) is 0 Å². The molecule has 1 saturated carbocycles. The molecule has 1 unspecified atom stereocenters. The van der Waals surface area contributed by atoms with Crippen molar-refractivity contribution in [3.8, 4) is 0 Å². The van der Waals surface area contributed by atoms with Crippen LogP contribution in [-0.4, -0.2) is 36.5 Å². The van der Waals surface area contributed by atoms with Gasteiger partial charge in [0.15, 0.2) is 0 Å². The molecule has 0 aromatic heterocycles. The van der Waals surface area contributed by atoms with E-state index in [-0.39, 0.29) is 12.1 Å². The second-order valence-electron chi connectivity index (χ2n) is 4.81. The lowest BCUT2D eigenvalue weighted by molar-refractivity contribution is -0.188. The Bertz CT molecular complexity index is 246. The molecule has 1 rings (SSSR count). The van der Waals surface area contributed by atoms with Crippen molar-refractivity contribution < 1.29 is 19.4 Å². The van der Waals surface area contributed by atoms with E-state index in [9.17, 15) is 9.90 Å². The van der Waals surface area contributed by atoms with E-state index in [2.05, 4.69) is 6.92 Å². The van der Waals surface area contributed by atoms with E-state index in [1.165, 1.54) is 7.11 Å². The van der Waals surface area contributed by atoms with E-state index in [0.29, 0.717) is 25.9 Å². The lowest BCUT2D eigenvalue weighted by Crippen LogP contribution is -2.55. The van der Waals surface area contributed by atoms with Crippen molar-refractivity contribution in [1.82, 2.24) is 0 Å². The third-order valence-corrected chi connectivity index (χ3v) is 3.55. The summed E-state index contributed by atoms with van der Waals surface area (Å²) in [7, 11) is 1.38. The average molecular weight is 244 g/mol. The van der Waals surface area contributed by atoms with Gasteiger partial charge >= 0.3 is 5.97 Å². The zero-order valence-corrected chi connectivity index (χ0v) is 11.1. The molecule has 0 aliphatic heterocycles. The van der Waals surface area contributed by atoms with Gasteiger partial charge < -0.3 is 14.6 Å². The predicted molar refractivity (Wildman–Crippen MR) is 64.6 cm³/mol. The molecule has 100 valence electrons. The number of rotatable bonds is 7. The number of unbranched alkanes of at least 4 members (excludes halogenated alkanes) is 1. The third kappa shape index (κ3) is 3.42. The summed E-state index contributed by atoms with van der Waals surface area (Å²) < 4.78 is 10.2. The van der Waals surface area contributed by atoms with Gasteiger partial charge in [-0.15, -0.1) is 0 Å². The molecule has 4 nitrogen and oxygen atoms in total. The van der Waals surface area contributed by atoms with E-state index in [0.717, 1.165) is 12.8 Å². The van der Waals surface area contributed by atoms with E-state index >= 15 is 0 Å². The molecule has 0 heterocycles. The van der Waals surface area contributed by atoms with Crippen LogP contribution in [0.3, 0.4) is 0 Å². The molecule has 17 heavy (non-hydrogen) atoms. The fourth-order valence-electron chi connectivity index (χ4n) is 2.52. The minimum atomic E-state index is -0.915.